The van der Waals surface area contributed by atoms with Crippen LogP contribution in [-0.2, 0) is 0 Å². The number of alkyl halides is 1. The van der Waals surface area contributed by atoms with Crippen molar-refractivity contribution >= 4 is 22.0 Å². The molecular weight excluding hydrogens is 228 g/mol. The first-order chi connectivity index (χ1) is 6.27. The van der Waals surface area contributed by atoms with Crippen molar-refractivity contribution in [2.45, 2.75) is 6.92 Å². The second-order valence-electron chi connectivity index (χ2n) is 2.79. The van der Waals surface area contributed by atoms with Crippen LogP contribution in [0, 0.1) is 6.92 Å². The molecule has 0 saturated heterocycles. The highest BCUT2D eigenvalue weighted by Gasteiger charge is 1.96. The molecule has 0 radical (unpaired) electrons. The van der Waals surface area contributed by atoms with E-state index in [4.69, 9.17) is 4.74 Å². The lowest BCUT2D eigenvalue weighted by Crippen LogP contribution is -1.87. The number of methoxy groups -OCH3 is 1. The molecule has 13 heavy (non-hydrogen) atoms. The van der Waals surface area contributed by atoms with Crippen molar-refractivity contribution < 1.29 is 4.74 Å². The van der Waals surface area contributed by atoms with Crippen LogP contribution in [0.4, 0.5) is 0 Å². The first kappa shape index (κ1) is 10.3. The highest BCUT2D eigenvalue weighted by atomic mass is 79.9. The van der Waals surface area contributed by atoms with Crippen molar-refractivity contribution in [3.8, 4) is 5.75 Å². The van der Waals surface area contributed by atoms with Crippen LogP contribution in [0.2, 0.25) is 0 Å². The zero-order chi connectivity index (χ0) is 9.68. The van der Waals surface area contributed by atoms with Crippen LogP contribution in [0.1, 0.15) is 11.1 Å². The Kier molecular flexibility index (Phi) is 4.03. The molecule has 0 heterocycles. The molecule has 0 bridgehead atoms. The molecule has 0 atom stereocenters. The highest BCUT2D eigenvalue weighted by Crippen LogP contribution is 2.19. The van der Waals surface area contributed by atoms with Crippen LogP contribution in [0.5, 0.6) is 5.75 Å². The highest BCUT2D eigenvalue weighted by molar-refractivity contribution is 9.09. The molecule has 0 N–H and O–H groups in total. The first-order valence-corrected chi connectivity index (χ1v) is 5.27. The zero-order valence-electron chi connectivity index (χ0n) is 7.88. The second-order valence-corrected chi connectivity index (χ2v) is 3.43. The van der Waals surface area contributed by atoms with Crippen LogP contribution in [-0.4, -0.2) is 12.4 Å². The molecule has 0 unspecified atom stereocenters. The van der Waals surface area contributed by atoms with E-state index >= 15 is 0 Å². The average Bonchev–Trinajstić information content (AvgIpc) is 2.16. The SMILES string of the molecule is COc1cc(C=CCBr)ccc1C. The summed E-state index contributed by atoms with van der Waals surface area (Å²) in [5.74, 6) is 0.941. The quantitative estimate of drug-likeness (QED) is 0.737. The van der Waals surface area contributed by atoms with Gasteiger partial charge in [0.1, 0.15) is 5.75 Å². The zero-order valence-corrected chi connectivity index (χ0v) is 9.47. The van der Waals surface area contributed by atoms with Crippen molar-refractivity contribution in [1.82, 2.24) is 0 Å². The van der Waals surface area contributed by atoms with Gasteiger partial charge in [-0.15, -0.1) is 0 Å². The lowest BCUT2D eigenvalue weighted by atomic mass is 10.1. The summed E-state index contributed by atoms with van der Waals surface area (Å²) in [6, 6.07) is 6.18. The predicted octanol–water partition coefficient (Wildman–Crippen LogP) is 3.41. The van der Waals surface area contributed by atoms with Crippen molar-refractivity contribution in [1.29, 1.82) is 0 Å². The van der Waals surface area contributed by atoms with E-state index in [1.54, 1.807) is 7.11 Å². The summed E-state index contributed by atoms with van der Waals surface area (Å²) < 4.78 is 5.22. The maximum atomic E-state index is 5.22. The fourth-order valence-electron chi connectivity index (χ4n) is 1.12. The van der Waals surface area contributed by atoms with Gasteiger partial charge in [0.15, 0.2) is 0 Å². The molecule has 1 rings (SSSR count). The van der Waals surface area contributed by atoms with Crippen molar-refractivity contribution in [3.05, 3.63) is 35.4 Å². The van der Waals surface area contributed by atoms with E-state index in [1.807, 2.05) is 13.0 Å². The van der Waals surface area contributed by atoms with E-state index in [9.17, 15) is 0 Å². The summed E-state index contributed by atoms with van der Waals surface area (Å²) in [4.78, 5) is 0. The fraction of sp³-hybridized carbons (Fsp3) is 0.273. The number of aryl methyl sites for hydroxylation is 1. The Morgan fingerprint density at radius 3 is 2.85 bits per heavy atom. The number of halogens is 1. The Bertz CT molecular complexity index is 305. The maximum absolute atomic E-state index is 5.22. The van der Waals surface area contributed by atoms with Gasteiger partial charge >= 0.3 is 0 Å². The van der Waals surface area contributed by atoms with E-state index in [0.717, 1.165) is 11.1 Å². The molecule has 0 saturated carbocycles. The van der Waals surface area contributed by atoms with Gasteiger partial charge in [-0.1, -0.05) is 40.2 Å². The van der Waals surface area contributed by atoms with Crippen LogP contribution >= 0.6 is 15.9 Å². The summed E-state index contributed by atoms with van der Waals surface area (Å²) in [7, 11) is 1.69. The van der Waals surface area contributed by atoms with Crippen LogP contribution < -0.4 is 4.74 Å². The van der Waals surface area contributed by atoms with Gasteiger partial charge in [0.25, 0.3) is 0 Å². The summed E-state index contributed by atoms with van der Waals surface area (Å²) >= 11 is 3.34. The molecule has 1 aromatic carbocycles. The minimum Gasteiger partial charge on any atom is -0.496 e. The summed E-state index contributed by atoms with van der Waals surface area (Å²) in [6.07, 6.45) is 4.13. The Hall–Kier alpha value is -0.760. The van der Waals surface area contributed by atoms with E-state index in [1.165, 1.54) is 11.1 Å². The third kappa shape index (κ3) is 2.88. The van der Waals surface area contributed by atoms with Gasteiger partial charge in [0.2, 0.25) is 0 Å². The van der Waals surface area contributed by atoms with E-state index in [2.05, 4.69) is 40.2 Å². The average molecular weight is 241 g/mol. The van der Waals surface area contributed by atoms with Crippen LogP contribution in [0.25, 0.3) is 6.08 Å². The lowest BCUT2D eigenvalue weighted by molar-refractivity contribution is 0.411. The van der Waals surface area contributed by atoms with E-state index in [-0.39, 0.29) is 0 Å². The van der Waals surface area contributed by atoms with Gasteiger partial charge < -0.3 is 4.74 Å². The molecule has 0 aliphatic carbocycles. The van der Waals surface area contributed by atoms with Gasteiger partial charge in [0, 0.05) is 5.33 Å². The third-order valence-electron chi connectivity index (χ3n) is 1.83. The predicted molar refractivity (Wildman–Crippen MR) is 60.6 cm³/mol. The minimum atomic E-state index is 0.878. The molecule has 70 valence electrons. The van der Waals surface area contributed by atoms with Crippen LogP contribution in [0.3, 0.4) is 0 Å². The molecule has 0 spiro atoms. The molecule has 0 aliphatic heterocycles. The van der Waals surface area contributed by atoms with Gasteiger partial charge in [-0.2, -0.15) is 0 Å². The normalized spacial score (nSPS) is 10.7. The summed E-state index contributed by atoms with van der Waals surface area (Å²) in [5, 5.41) is 0.878. The first-order valence-electron chi connectivity index (χ1n) is 4.15. The third-order valence-corrected chi connectivity index (χ3v) is 2.21. The van der Waals surface area contributed by atoms with E-state index in [0.29, 0.717) is 0 Å². The summed E-state index contributed by atoms with van der Waals surface area (Å²) in [6.45, 7) is 2.04. The van der Waals surface area contributed by atoms with Gasteiger partial charge in [-0.05, 0) is 24.1 Å². The van der Waals surface area contributed by atoms with Crippen molar-refractivity contribution in [3.63, 3.8) is 0 Å². The number of benzene rings is 1. The number of ether oxygens (including phenoxy) is 1. The molecular formula is C11H13BrO. The molecule has 1 aromatic rings. The topological polar surface area (TPSA) is 9.23 Å². The van der Waals surface area contributed by atoms with Gasteiger partial charge in [-0.3, -0.25) is 0 Å². The maximum Gasteiger partial charge on any atom is 0.122 e. The number of hydrogen-bond donors (Lipinski definition) is 0. The Balaban J connectivity index is 2.92. The minimum absolute atomic E-state index is 0.878. The van der Waals surface area contributed by atoms with Crippen LogP contribution in [0.15, 0.2) is 24.3 Å². The lowest BCUT2D eigenvalue weighted by Gasteiger charge is -2.04. The molecule has 2 heteroatoms. The summed E-state index contributed by atoms with van der Waals surface area (Å²) in [5.41, 5.74) is 2.33. The van der Waals surface area contributed by atoms with Crippen molar-refractivity contribution in [2.24, 2.45) is 0 Å². The Labute approximate surface area is 87.5 Å². The Morgan fingerprint density at radius 1 is 1.46 bits per heavy atom. The number of rotatable bonds is 3. The number of allylic oxidation sites excluding steroid dienone is 1. The fourth-order valence-corrected chi connectivity index (χ4v) is 1.31. The second kappa shape index (κ2) is 5.07. The largest absolute Gasteiger partial charge is 0.496 e. The standard InChI is InChI=1S/C11H13BrO/c1-9-5-6-10(4-3-7-12)8-11(9)13-2/h3-6,8H,7H2,1-2H3. The molecule has 0 fully saturated rings. The van der Waals surface area contributed by atoms with Gasteiger partial charge in [-0.25, -0.2) is 0 Å². The van der Waals surface area contributed by atoms with E-state index < -0.39 is 0 Å². The Morgan fingerprint density at radius 2 is 2.23 bits per heavy atom. The smallest absolute Gasteiger partial charge is 0.122 e. The molecule has 0 amide bonds. The monoisotopic (exact) mass is 240 g/mol. The molecule has 0 aliphatic rings. The van der Waals surface area contributed by atoms with Gasteiger partial charge in [0.05, 0.1) is 7.11 Å². The van der Waals surface area contributed by atoms with Crippen molar-refractivity contribution in [2.75, 3.05) is 12.4 Å². The number of hydrogen-bond acceptors (Lipinski definition) is 1. The molecule has 0 aromatic heterocycles. The molecule has 1 nitrogen and oxygen atoms in total.